The monoisotopic (exact) mass is 302 g/mol. The minimum atomic E-state index is -1.72. The summed E-state index contributed by atoms with van der Waals surface area (Å²) in [7, 11) is -1.72. The van der Waals surface area contributed by atoms with Gasteiger partial charge in [0, 0.05) is 5.74 Å². The minimum absolute atomic E-state index is 0. The Morgan fingerprint density at radius 3 is 1.27 bits per heavy atom. The Morgan fingerprint density at radius 2 is 1.00 bits per heavy atom. The van der Waals surface area contributed by atoms with Crippen molar-refractivity contribution in [1.29, 1.82) is 0 Å². The predicted octanol–water partition coefficient (Wildman–Crippen LogP) is 1.47. The van der Waals surface area contributed by atoms with E-state index in [-0.39, 0.29) is 24.6 Å². The summed E-state index contributed by atoms with van der Waals surface area (Å²) in [4.78, 5) is 0. The SMILES string of the molecule is CC[B-](CC)(CC)[Si](C)(c1ccccc1)c1ccccc1.[Li+]. The summed E-state index contributed by atoms with van der Waals surface area (Å²) in [6.45, 7) is 9.83. The fourth-order valence-electron chi connectivity index (χ4n) is 4.53. The molecule has 2 aromatic carbocycles. The van der Waals surface area contributed by atoms with Gasteiger partial charge in [-0.15, -0.1) is 0 Å². The van der Waals surface area contributed by atoms with E-state index in [1.54, 1.807) is 10.4 Å². The summed E-state index contributed by atoms with van der Waals surface area (Å²) in [5.74, 6) is 0. The molecule has 0 radical (unpaired) electrons. The van der Waals surface area contributed by atoms with Crippen molar-refractivity contribution in [3.05, 3.63) is 60.7 Å². The first-order valence-electron chi connectivity index (χ1n) is 8.46. The number of rotatable bonds is 6. The molecule has 2 aromatic rings. The van der Waals surface area contributed by atoms with Crippen LogP contribution in [0.15, 0.2) is 60.7 Å². The van der Waals surface area contributed by atoms with E-state index in [1.807, 2.05) is 0 Å². The van der Waals surface area contributed by atoms with E-state index in [4.69, 9.17) is 0 Å². The normalized spacial score (nSPS) is 11.8. The fraction of sp³-hybridized carbons (Fsp3) is 0.368. The van der Waals surface area contributed by atoms with Crippen LogP contribution in [0.4, 0.5) is 0 Å². The number of hydrogen-bond acceptors (Lipinski definition) is 0. The maximum Gasteiger partial charge on any atom is 1.00 e. The quantitative estimate of drug-likeness (QED) is 0.709. The molecular weight excluding hydrogens is 274 g/mol. The van der Waals surface area contributed by atoms with Crippen LogP contribution >= 0.6 is 0 Å². The van der Waals surface area contributed by atoms with Crippen LogP contribution < -0.4 is 29.2 Å². The third-order valence-corrected chi connectivity index (χ3v) is 13.1. The Labute approximate surface area is 149 Å². The Morgan fingerprint density at radius 1 is 0.682 bits per heavy atom. The molecule has 3 heteroatoms. The van der Waals surface area contributed by atoms with Gasteiger partial charge in [-0.3, -0.25) is 0 Å². The summed E-state index contributed by atoms with van der Waals surface area (Å²) in [6, 6.07) is 22.6. The molecule has 0 aliphatic heterocycles. The third-order valence-electron chi connectivity index (χ3n) is 6.32. The van der Waals surface area contributed by atoms with Gasteiger partial charge in [0.2, 0.25) is 0 Å². The van der Waals surface area contributed by atoms with Crippen LogP contribution in [0.25, 0.3) is 0 Å². The van der Waals surface area contributed by atoms with Crippen molar-refractivity contribution in [2.24, 2.45) is 0 Å². The van der Waals surface area contributed by atoms with Gasteiger partial charge in [-0.05, 0) is 7.94 Å². The number of benzene rings is 2. The molecule has 0 unspecified atom stereocenters. The zero-order valence-electron chi connectivity index (χ0n) is 15.0. The van der Waals surface area contributed by atoms with Gasteiger partial charge in [-0.2, -0.15) is 19.0 Å². The van der Waals surface area contributed by atoms with Crippen molar-refractivity contribution < 1.29 is 18.9 Å². The molecule has 0 aliphatic carbocycles. The van der Waals surface area contributed by atoms with Crippen LogP contribution in [0.1, 0.15) is 20.8 Å². The van der Waals surface area contributed by atoms with Crippen molar-refractivity contribution in [3.63, 3.8) is 0 Å². The Balaban J connectivity index is 0.00000242. The largest absolute Gasteiger partial charge is 1.00 e. The maximum atomic E-state index is 2.61. The van der Waals surface area contributed by atoms with E-state index in [9.17, 15) is 0 Å². The summed E-state index contributed by atoms with van der Waals surface area (Å²) in [5.41, 5.74) is -0.357. The van der Waals surface area contributed by atoms with Gasteiger partial charge in [0.15, 0.2) is 0 Å². The molecule has 0 bridgehead atoms. The molecule has 0 saturated heterocycles. The predicted molar refractivity (Wildman–Crippen MR) is 101 cm³/mol. The zero-order valence-corrected chi connectivity index (χ0v) is 16.0. The second kappa shape index (κ2) is 8.25. The standard InChI is InChI=1S/C19H28BSi.Li/c1-5-20(6-2,7-3)21(4,18-14-10-8-11-15-18)19-16-12-9-13-17-19;/h8-17H,5-7H2,1-4H3;/q-1;+1. The Bertz CT molecular complexity index is 504. The second-order valence-corrected chi connectivity index (χ2v) is 11.4. The molecular formula is C19H28BLiSi. The third kappa shape index (κ3) is 3.16. The van der Waals surface area contributed by atoms with Crippen LogP contribution in [-0.4, -0.2) is 13.7 Å². The molecule has 0 spiro atoms. The Kier molecular flexibility index (Phi) is 7.26. The number of hydrogen-bond donors (Lipinski definition) is 0. The van der Waals surface area contributed by atoms with E-state index in [0.717, 1.165) is 0 Å². The van der Waals surface area contributed by atoms with Crippen LogP contribution in [0.3, 0.4) is 0 Å². The fourth-order valence-corrected chi connectivity index (χ4v) is 10.5. The van der Waals surface area contributed by atoms with Crippen molar-refractivity contribution in [2.75, 3.05) is 0 Å². The summed E-state index contributed by atoms with van der Waals surface area (Å²) in [6.07, 6.45) is 3.96. The summed E-state index contributed by atoms with van der Waals surface area (Å²) in [5, 5.41) is 3.20. The van der Waals surface area contributed by atoms with Gasteiger partial charge in [-0.25, -0.2) is 0 Å². The molecule has 0 atom stereocenters. The van der Waals surface area contributed by atoms with E-state index in [2.05, 4.69) is 88.0 Å². The average Bonchev–Trinajstić information content (AvgIpc) is 2.58. The van der Waals surface area contributed by atoms with Crippen LogP contribution in [-0.2, 0) is 0 Å². The smallest absolute Gasteiger partial charge is 0.182 e. The molecule has 112 valence electrons. The molecule has 22 heavy (non-hydrogen) atoms. The summed E-state index contributed by atoms with van der Waals surface area (Å²) >= 11 is 0. The topological polar surface area (TPSA) is 0 Å². The second-order valence-electron chi connectivity index (χ2n) is 6.64. The van der Waals surface area contributed by atoms with Crippen LogP contribution in [0, 0.1) is 0 Å². The van der Waals surface area contributed by atoms with Gasteiger partial charge in [0.05, 0.1) is 0 Å². The summed E-state index contributed by atoms with van der Waals surface area (Å²) < 4.78 is 0. The van der Waals surface area contributed by atoms with E-state index < -0.39 is 7.94 Å². The van der Waals surface area contributed by atoms with E-state index >= 15 is 0 Å². The van der Waals surface area contributed by atoms with Gasteiger partial charge in [-0.1, -0.05) is 98.4 Å². The van der Waals surface area contributed by atoms with Crippen LogP contribution in [0.2, 0.25) is 25.5 Å². The van der Waals surface area contributed by atoms with E-state index in [1.165, 1.54) is 19.0 Å². The molecule has 0 fully saturated rings. The van der Waals surface area contributed by atoms with Gasteiger partial charge < -0.3 is 0 Å². The molecule has 0 heterocycles. The van der Waals surface area contributed by atoms with Crippen LogP contribution in [0.5, 0.6) is 0 Å². The first kappa shape index (κ1) is 19.4. The Hall–Kier alpha value is -0.681. The molecule has 0 aromatic heterocycles. The van der Waals surface area contributed by atoms with Gasteiger partial charge in [0.1, 0.15) is 0 Å². The molecule has 0 nitrogen and oxygen atoms in total. The van der Waals surface area contributed by atoms with Crippen molar-refractivity contribution in [3.8, 4) is 0 Å². The first-order chi connectivity index (χ1) is 10.1. The molecule has 0 N–H and O–H groups in total. The molecule has 2 rings (SSSR count). The molecule has 0 saturated carbocycles. The van der Waals surface area contributed by atoms with E-state index in [0.29, 0.717) is 0 Å². The van der Waals surface area contributed by atoms with Gasteiger partial charge in [0.25, 0.3) is 0 Å². The maximum absolute atomic E-state index is 2.61. The van der Waals surface area contributed by atoms with Crippen molar-refractivity contribution in [1.82, 2.24) is 0 Å². The first-order valence-corrected chi connectivity index (χ1v) is 11.0. The van der Waals surface area contributed by atoms with Crippen molar-refractivity contribution in [2.45, 2.75) is 46.3 Å². The van der Waals surface area contributed by atoms with Gasteiger partial charge >= 0.3 is 18.9 Å². The minimum Gasteiger partial charge on any atom is -0.182 e. The molecule has 0 amide bonds. The zero-order chi connectivity index (χ0) is 15.3. The average molecular weight is 302 g/mol. The molecule has 0 aliphatic rings. The van der Waals surface area contributed by atoms with Crippen molar-refractivity contribution >= 4 is 24.1 Å².